The maximum Gasteiger partial charge on any atom is 0.134 e. The summed E-state index contributed by atoms with van der Waals surface area (Å²) < 4.78 is 8.42. The molecule has 0 fully saturated rings. The summed E-state index contributed by atoms with van der Waals surface area (Å²) >= 11 is 1.86. The number of thiophene rings is 1. The van der Waals surface area contributed by atoms with E-state index in [0.29, 0.717) is 0 Å². The predicted molar refractivity (Wildman–Crippen MR) is 172 cm³/mol. The van der Waals surface area contributed by atoms with Crippen molar-refractivity contribution < 1.29 is 4.42 Å². The predicted octanol–water partition coefficient (Wildman–Crippen LogP) is 11.6. The molecule has 9 aromatic rings. The molecular weight excluding hydrogens is 504 g/mol. The van der Waals surface area contributed by atoms with Crippen LogP contribution in [0, 0.1) is 0 Å². The van der Waals surface area contributed by atoms with E-state index in [4.69, 9.17) is 4.42 Å². The Morgan fingerprint density at radius 3 is 1.77 bits per heavy atom. The van der Waals surface area contributed by atoms with Crippen molar-refractivity contribution in [2.24, 2.45) is 0 Å². The van der Waals surface area contributed by atoms with Gasteiger partial charge in [-0.25, -0.2) is 0 Å². The molecule has 0 aliphatic carbocycles. The number of benzene rings is 7. The molecule has 0 spiro atoms. The van der Waals surface area contributed by atoms with Gasteiger partial charge in [0, 0.05) is 25.6 Å². The third-order valence-corrected chi connectivity index (χ3v) is 9.45. The molecule has 2 heteroatoms. The van der Waals surface area contributed by atoms with Crippen LogP contribution in [-0.2, 0) is 0 Å². The smallest absolute Gasteiger partial charge is 0.134 e. The van der Waals surface area contributed by atoms with E-state index in [1.54, 1.807) is 6.26 Å². The summed E-state index contributed by atoms with van der Waals surface area (Å²) in [4.78, 5) is 0. The quantitative estimate of drug-likeness (QED) is 0.204. The van der Waals surface area contributed by atoms with Gasteiger partial charge < -0.3 is 4.42 Å². The number of furan rings is 1. The fourth-order valence-corrected chi connectivity index (χ4v) is 7.80. The van der Waals surface area contributed by atoms with Crippen molar-refractivity contribution in [1.29, 1.82) is 0 Å². The fourth-order valence-electron chi connectivity index (χ4n) is 6.64. The highest BCUT2D eigenvalue weighted by Crippen LogP contribution is 2.49. The van der Waals surface area contributed by atoms with Crippen molar-refractivity contribution in [3.8, 4) is 22.3 Å². The van der Waals surface area contributed by atoms with E-state index in [2.05, 4.69) is 121 Å². The lowest BCUT2D eigenvalue weighted by Crippen LogP contribution is -1.92. The molecule has 0 radical (unpaired) electrons. The second kappa shape index (κ2) is 8.29. The van der Waals surface area contributed by atoms with Crippen molar-refractivity contribution >= 4 is 74.8 Å². The normalized spacial score (nSPS) is 12.0. The molecule has 2 heterocycles. The van der Waals surface area contributed by atoms with Gasteiger partial charge in [0.05, 0.1) is 6.26 Å². The molecule has 0 saturated carbocycles. The molecule has 186 valence electrons. The molecule has 9 rings (SSSR count). The molecule has 0 amide bonds. The van der Waals surface area contributed by atoms with Crippen molar-refractivity contribution in [2.45, 2.75) is 0 Å². The third-order valence-electron chi connectivity index (χ3n) is 8.33. The Labute approximate surface area is 234 Å². The fraction of sp³-hybridized carbons (Fsp3) is 0. The minimum Gasteiger partial charge on any atom is -0.464 e. The number of fused-ring (bicyclic) bond motifs is 7. The first-order chi connectivity index (χ1) is 19.8. The van der Waals surface area contributed by atoms with Crippen molar-refractivity contribution in [3.63, 3.8) is 0 Å². The maximum atomic E-state index is 5.83. The first kappa shape index (κ1) is 22.0. The average molecular weight is 527 g/mol. The van der Waals surface area contributed by atoms with Crippen molar-refractivity contribution in [1.82, 2.24) is 0 Å². The first-order valence-corrected chi connectivity index (χ1v) is 14.4. The summed E-state index contributed by atoms with van der Waals surface area (Å²) in [5, 5.41) is 11.3. The second-order valence-electron chi connectivity index (χ2n) is 10.5. The molecule has 0 aliphatic heterocycles. The van der Waals surface area contributed by atoms with Gasteiger partial charge in [0.2, 0.25) is 0 Å². The van der Waals surface area contributed by atoms with Gasteiger partial charge in [-0.05, 0) is 78.8 Å². The highest BCUT2D eigenvalue weighted by atomic mass is 32.1. The molecule has 2 aromatic heterocycles. The molecular formula is C38H22OS. The van der Waals surface area contributed by atoms with Gasteiger partial charge in [-0.15, -0.1) is 11.3 Å². The van der Waals surface area contributed by atoms with Crippen LogP contribution < -0.4 is 0 Å². The molecule has 0 bridgehead atoms. The standard InChI is InChI=1S/C38H22OS/c1-2-11-25-23(9-1)10-7-16-26(25)36-27-12-3-5-14-29(27)37(30-15-6-4-13-28(30)36)31-17-8-18-34-38(31)32-22-33-24(19-20-39-33)21-35(32)40-34/h1-22H. The SMILES string of the molecule is c1ccc2c(-c3c4ccccc4c(-c4cccc5sc6cc7ccoc7cc6c45)c4ccccc34)cccc2c1. The van der Waals surface area contributed by atoms with Crippen LogP contribution in [0.5, 0.6) is 0 Å². The second-order valence-corrected chi connectivity index (χ2v) is 11.5. The highest BCUT2D eigenvalue weighted by molar-refractivity contribution is 7.26. The van der Waals surface area contributed by atoms with E-state index in [1.165, 1.54) is 74.7 Å². The molecule has 40 heavy (non-hydrogen) atoms. The van der Waals surface area contributed by atoms with Gasteiger partial charge in [-0.3, -0.25) is 0 Å². The van der Waals surface area contributed by atoms with Gasteiger partial charge in [0.25, 0.3) is 0 Å². The van der Waals surface area contributed by atoms with E-state index in [9.17, 15) is 0 Å². The monoisotopic (exact) mass is 526 g/mol. The highest BCUT2D eigenvalue weighted by Gasteiger charge is 2.20. The van der Waals surface area contributed by atoms with Crippen molar-refractivity contribution in [2.75, 3.05) is 0 Å². The number of hydrogen-bond donors (Lipinski definition) is 0. The van der Waals surface area contributed by atoms with Crippen LogP contribution in [0.4, 0.5) is 0 Å². The molecule has 0 saturated heterocycles. The number of hydrogen-bond acceptors (Lipinski definition) is 2. The summed E-state index contributed by atoms with van der Waals surface area (Å²) in [7, 11) is 0. The lowest BCUT2D eigenvalue weighted by molar-refractivity contribution is 0.616. The van der Waals surface area contributed by atoms with Crippen LogP contribution in [0.2, 0.25) is 0 Å². The minimum absolute atomic E-state index is 0.933. The zero-order valence-corrected chi connectivity index (χ0v) is 22.3. The number of rotatable bonds is 2. The maximum absolute atomic E-state index is 5.83. The van der Waals surface area contributed by atoms with Gasteiger partial charge in [-0.2, -0.15) is 0 Å². The van der Waals surface area contributed by atoms with E-state index < -0.39 is 0 Å². The van der Waals surface area contributed by atoms with E-state index in [0.717, 1.165) is 11.0 Å². The zero-order valence-electron chi connectivity index (χ0n) is 21.5. The van der Waals surface area contributed by atoms with E-state index in [-0.39, 0.29) is 0 Å². The summed E-state index contributed by atoms with van der Waals surface area (Å²) in [6.07, 6.45) is 1.78. The zero-order chi connectivity index (χ0) is 26.2. The molecule has 0 aliphatic rings. The molecule has 0 atom stereocenters. The Kier molecular flexibility index (Phi) is 4.55. The van der Waals surface area contributed by atoms with Gasteiger partial charge >= 0.3 is 0 Å². The Hall–Kier alpha value is -4.92. The van der Waals surface area contributed by atoms with Gasteiger partial charge in [0.1, 0.15) is 5.58 Å². The molecule has 7 aromatic carbocycles. The lowest BCUT2D eigenvalue weighted by atomic mass is 9.84. The van der Waals surface area contributed by atoms with Crippen LogP contribution in [0.1, 0.15) is 0 Å². The lowest BCUT2D eigenvalue weighted by Gasteiger charge is -2.19. The van der Waals surface area contributed by atoms with E-state index in [1.807, 2.05) is 17.4 Å². The topological polar surface area (TPSA) is 13.1 Å². The Bertz CT molecular complexity index is 2380. The largest absolute Gasteiger partial charge is 0.464 e. The van der Waals surface area contributed by atoms with Crippen LogP contribution >= 0.6 is 11.3 Å². The van der Waals surface area contributed by atoms with E-state index >= 15 is 0 Å². The van der Waals surface area contributed by atoms with Gasteiger partial charge in [-0.1, -0.05) is 103 Å². The Balaban J connectivity index is 1.47. The molecule has 1 nitrogen and oxygen atoms in total. The average Bonchev–Trinajstić information content (AvgIpc) is 3.62. The first-order valence-electron chi connectivity index (χ1n) is 13.6. The molecule has 0 unspecified atom stereocenters. The van der Waals surface area contributed by atoms with Crippen LogP contribution in [0.15, 0.2) is 138 Å². The van der Waals surface area contributed by atoms with Crippen LogP contribution in [0.25, 0.3) is 85.7 Å². The van der Waals surface area contributed by atoms with Crippen LogP contribution in [0.3, 0.4) is 0 Å². The summed E-state index contributed by atoms with van der Waals surface area (Å²) in [6.45, 7) is 0. The van der Waals surface area contributed by atoms with Crippen LogP contribution in [-0.4, -0.2) is 0 Å². The molecule has 0 N–H and O–H groups in total. The Morgan fingerprint density at radius 2 is 1.02 bits per heavy atom. The summed E-state index contributed by atoms with van der Waals surface area (Å²) in [6, 6.07) is 46.5. The third kappa shape index (κ3) is 3.03. The van der Waals surface area contributed by atoms with Gasteiger partial charge in [0.15, 0.2) is 0 Å². The summed E-state index contributed by atoms with van der Waals surface area (Å²) in [5.74, 6) is 0. The Morgan fingerprint density at radius 1 is 0.425 bits per heavy atom. The minimum atomic E-state index is 0.933. The van der Waals surface area contributed by atoms with Crippen molar-refractivity contribution in [3.05, 3.63) is 134 Å². The summed E-state index contributed by atoms with van der Waals surface area (Å²) in [5.41, 5.74) is 6.07.